The highest BCUT2D eigenvalue weighted by molar-refractivity contribution is 6.19. The Kier molecular flexibility index (Phi) is 4.97. The Morgan fingerprint density at radius 2 is 2.06 bits per heavy atom. The molecule has 0 atom stereocenters. The van der Waals surface area contributed by atoms with Crippen molar-refractivity contribution in [3.63, 3.8) is 0 Å². The number of rotatable bonds is 4. The average molecular weight is 255 g/mol. The summed E-state index contributed by atoms with van der Waals surface area (Å²) >= 11 is 5.48. The van der Waals surface area contributed by atoms with Crippen LogP contribution in [0.15, 0.2) is 18.2 Å². The van der Waals surface area contributed by atoms with Gasteiger partial charge in [0.15, 0.2) is 0 Å². The molecule has 0 heterocycles. The molecule has 0 aromatic heterocycles. The van der Waals surface area contributed by atoms with Gasteiger partial charge in [-0.25, -0.2) is 0 Å². The summed E-state index contributed by atoms with van der Waals surface area (Å²) in [5.74, 6) is -0.0480. The van der Waals surface area contributed by atoms with Crippen LogP contribution in [0.4, 0.5) is 5.69 Å². The highest BCUT2D eigenvalue weighted by Gasteiger charge is 2.11. The molecule has 0 aliphatic rings. The first-order valence-corrected chi connectivity index (χ1v) is 5.81. The Bertz CT molecular complexity index is 433. The smallest absolute Gasteiger partial charge is 0.251 e. The minimum atomic E-state index is -0.170. The third-order valence-corrected chi connectivity index (χ3v) is 2.59. The quantitative estimate of drug-likeness (QED) is 0.807. The number of alkyl halides is 1. The molecule has 0 saturated heterocycles. The molecular weight excluding hydrogens is 240 g/mol. The van der Waals surface area contributed by atoms with E-state index >= 15 is 0 Å². The summed E-state index contributed by atoms with van der Waals surface area (Å²) in [6, 6.07) is 5.20. The highest BCUT2D eigenvalue weighted by Crippen LogP contribution is 2.19. The first kappa shape index (κ1) is 13.5. The minimum Gasteiger partial charge on any atom is -0.355 e. The van der Waals surface area contributed by atoms with Gasteiger partial charge in [-0.3, -0.25) is 9.59 Å². The predicted molar refractivity (Wildman–Crippen MR) is 68.5 cm³/mol. The lowest BCUT2D eigenvalue weighted by Gasteiger charge is -2.11. The van der Waals surface area contributed by atoms with Crippen molar-refractivity contribution in [2.24, 2.45) is 0 Å². The molecule has 17 heavy (non-hydrogen) atoms. The molecule has 2 N–H and O–H groups in total. The molecule has 0 unspecified atom stereocenters. The van der Waals surface area contributed by atoms with Crippen LogP contribution >= 0.6 is 11.6 Å². The third kappa shape index (κ3) is 3.46. The first-order valence-electron chi connectivity index (χ1n) is 5.27. The van der Waals surface area contributed by atoms with Gasteiger partial charge in [0.1, 0.15) is 0 Å². The van der Waals surface area contributed by atoms with Crippen LogP contribution in [-0.2, 0) is 4.79 Å². The van der Waals surface area contributed by atoms with E-state index in [4.69, 9.17) is 11.6 Å². The predicted octanol–water partition coefficient (Wildman–Crippen LogP) is 1.92. The van der Waals surface area contributed by atoms with Crippen LogP contribution in [-0.4, -0.2) is 24.7 Å². The van der Waals surface area contributed by atoms with Crippen LogP contribution in [0.1, 0.15) is 22.3 Å². The lowest BCUT2D eigenvalue weighted by molar-refractivity contribution is -0.115. The molecular formula is C12H15ClN2O2. The van der Waals surface area contributed by atoms with E-state index in [9.17, 15) is 9.59 Å². The van der Waals surface area contributed by atoms with Crippen molar-refractivity contribution in [1.29, 1.82) is 0 Å². The second-order valence-electron chi connectivity index (χ2n) is 3.54. The van der Waals surface area contributed by atoms with Crippen molar-refractivity contribution in [1.82, 2.24) is 5.32 Å². The van der Waals surface area contributed by atoms with Gasteiger partial charge in [-0.05, 0) is 24.6 Å². The van der Waals surface area contributed by atoms with Crippen LogP contribution in [0.25, 0.3) is 0 Å². The third-order valence-electron chi connectivity index (χ3n) is 2.40. The van der Waals surface area contributed by atoms with E-state index in [0.29, 0.717) is 11.3 Å². The molecule has 1 rings (SSSR count). The number of amides is 2. The van der Waals surface area contributed by atoms with Gasteiger partial charge in [-0.1, -0.05) is 6.07 Å². The van der Waals surface area contributed by atoms with Crippen molar-refractivity contribution >= 4 is 29.1 Å². The van der Waals surface area contributed by atoms with Crippen molar-refractivity contribution in [2.75, 3.05) is 18.2 Å². The van der Waals surface area contributed by atoms with E-state index in [1.165, 1.54) is 0 Å². The number of halogens is 1. The maximum atomic E-state index is 11.6. The standard InChI is InChI=1S/C12H15ClN2O2/c1-8-9(12(17)14-2)4-3-5-10(8)15-11(16)6-7-13/h3-5H,6-7H2,1-2H3,(H,14,17)(H,15,16). The Hall–Kier alpha value is -1.55. The summed E-state index contributed by atoms with van der Waals surface area (Å²) in [4.78, 5) is 23.0. The zero-order valence-electron chi connectivity index (χ0n) is 9.84. The van der Waals surface area contributed by atoms with E-state index in [1.807, 2.05) is 0 Å². The van der Waals surface area contributed by atoms with Gasteiger partial charge in [-0.15, -0.1) is 11.6 Å². The van der Waals surface area contributed by atoms with E-state index < -0.39 is 0 Å². The minimum absolute atomic E-state index is 0.155. The highest BCUT2D eigenvalue weighted by atomic mass is 35.5. The van der Waals surface area contributed by atoms with Crippen LogP contribution < -0.4 is 10.6 Å². The average Bonchev–Trinajstić information content (AvgIpc) is 2.31. The first-order chi connectivity index (χ1) is 8.10. The van der Waals surface area contributed by atoms with Crippen LogP contribution in [0.3, 0.4) is 0 Å². The summed E-state index contributed by atoms with van der Waals surface area (Å²) in [6.45, 7) is 1.79. The fraction of sp³-hybridized carbons (Fsp3) is 0.333. The maximum absolute atomic E-state index is 11.6. The lowest BCUT2D eigenvalue weighted by atomic mass is 10.1. The monoisotopic (exact) mass is 254 g/mol. The van der Waals surface area contributed by atoms with E-state index in [1.54, 1.807) is 32.2 Å². The summed E-state index contributed by atoms with van der Waals surface area (Å²) in [6.07, 6.45) is 0.255. The molecule has 0 fully saturated rings. The van der Waals surface area contributed by atoms with Crippen molar-refractivity contribution < 1.29 is 9.59 Å². The molecule has 1 aromatic rings. The molecule has 1 aromatic carbocycles. The molecule has 4 nitrogen and oxygen atoms in total. The molecule has 0 bridgehead atoms. The zero-order chi connectivity index (χ0) is 12.8. The molecule has 2 amide bonds. The number of carbonyl (C=O) groups is 2. The number of benzene rings is 1. The van der Waals surface area contributed by atoms with Gasteiger partial charge in [-0.2, -0.15) is 0 Å². The fourth-order valence-corrected chi connectivity index (χ4v) is 1.62. The van der Waals surface area contributed by atoms with Gasteiger partial charge >= 0.3 is 0 Å². The SMILES string of the molecule is CNC(=O)c1cccc(NC(=O)CCCl)c1C. The normalized spacial score (nSPS) is 9.82. The molecule has 5 heteroatoms. The van der Waals surface area contributed by atoms with Gasteiger partial charge < -0.3 is 10.6 Å². The summed E-state index contributed by atoms with van der Waals surface area (Å²) in [7, 11) is 1.57. The fourth-order valence-electron chi connectivity index (χ4n) is 1.45. The largest absolute Gasteiger partial charge is 0.355 e. The van der Waals surface area contributed by atoms with Gasteiger partial charge in [0.25, 0.3) is 5.91 Å². The topological polar surface area (TPSA) is 58.2 Å². The number of hydrogen-bond acceptors (Lipinski definition) is 2. The molecule has 92 valence electrons. The van der Waals surface area contributed by atoms with Gasteiger partial charge in [0.05, 0.1) is 0 Å². The number of nitrogens with one attached hydrogen (secondary N) is 2. The second-order valence-corrected chi connectivity index (χ2v) is 3.92. The Labute approximate surface area is 105 Å². The molecule has 0 aliphatic carbocycles. The Morgan fingerprint density at radius 3 is 2.65 bits per heavy atom. The number of hydrogen-bond donors (Lipinski definition) is 2. The Morgan fingerprint density at radius 1 is 1.35 bits per heavy atom. The van der Waals surface area contributed by atoms with Crippen molar-refractivity contribution in [3.8, 4) is 0 Å². The lowest BCUT2D eigenvalue weighted by Crippen LogP contribution is -2.20. The molecule has 0 aliphatic heterocycles. The molecule has 0 saturated carbocycles. The molecule has 0 spiro atoms. The van der Waals surface area contributed by atoms with E-state index in [-0.39, 0.29) is 24.1 Å². The summed E-state index contributed by atoms with van der Waals surface area (Å²) in [5.41, 5.74) is 1.94. The van der Waals surface area contributed by atoms with Gasteiger partial charge in [0, 0.05) is 30.6 Å². The van der Waals surface area contributed by atoms with E-state index in [2.05, 4.69) is 10.6 Å². The van der Waals surface area contributed by atoms with Gasteiger partial charge in [0.2, 0.25) is 5.91 Å². The van der Waals surface area contributed by atoms with Crippen LogP contribution in [0.2, 0.25) is 0 Å². The Balaban J connectivity index is 2.94. The maximum Gasteiger partial charge on any atom is 0.251 e. The van der Waals surface area contributed by atoms with Crippen molar-refractivity contribution in [3.05, 3.63) is 29.3 Å². The van der Waals surface area contributed by atoms with Crippen LogP contribution in [0, 0.1) is 6.92 Å². The summed E-state index contributed by atoms with van der Waals surface area (Å²) in [5, 5.41) is 5.28. The summed E-state index contributed by atoms with van der Waals surface area (Å²) < 4.78 is 0. The second kappa shape index (κ2) is 6.25. The number of anilines is 1. The number of carbonyl (C=O) groups excluding carboxylic acids is 2. The van der Waals surface area contributed by atoms with Crippen molar-refractivity contribution in [2.45, 2.75) is 13.3 Å². The van der Waals surface area contributed by atoms with E-state index in [0.717, 1.165) is 5.56 Å². The zero-order valence-corrected chi connectivity index (χ0v) is 10.6. The van der Waals surface area contributed by atoms with Crippen LogP contribution in [0.5, 0.6) is 0 Å². The molecule has 0 radical (unpaired) electrons.